The van der Waals surface area contributed by atoms with Crippen LogP contribution in [-0.4, -0.2) is 33.3 Å². The third-order valence-electron chi connectivity index (χ3n) is 6.21. The molecule has 1 saturated heterocycles. The maximum atomic E-state index is 12.7. The minimum atomic E-state index is -0.116. The molecule has 174 valence electrons. The Morgan fingerprint density at radius 2 is 1.79 bits per heavy atom. The summed E-state index contributed by atoms with van der Waals surface area (Å²) >= 11 is 0. The van der Waals surface area contributed by atoms with Gasteiger partial charge in [0, 0.05) is 31.0 Å². The van der Waals surface area contributed by atoms with E-state index in [4.69, 9.17) is 4.74 Å². The standard InChI is InChI=1S/C28H30N4O2/c1-21-7-12-27-30-25(19-32(27)17-21)20-34-26-6-4-5-24(15-26)28(33)29-16-22-8-10-23(11-9-22)18-31-13-2-3-14-31/h4-12,15,17,19H,2-3,13-14,16,18,20H2,1H3,(H,29,33). The summed E-state index contributed by atoms with van der Waals surface area (Å²) in [7, 11) is 0. The summed E-state index contributed by atoms with van der Waals surface area (Å²) in [6, 6.07) is 19.8. The van der Waals surface area contributed by atoms with Gasteiger partial charge in [0.25, 0.3) is 5.91 Å². The number of hydrogen-bond acceptors (Lipinski definition) is 4. The van der Waals surface area contributed by atoms with Gasteiger partial charge in [0.05, 0.1) is 5.69 Å². The summed E-state index contributed by atoms with van der Waals surface area (Å²) in [6.45, 7) is 6.29. The van der Waals surface area contributed by atoms with E-state index in [9.17, 15) is 4.79 Å². The summed E-state index contributed by atoms with van der Waals surface area (Å²) in [5.74, 6) is 0.530. The minimum absolute atomic E-state index is 0.116. The van der Waals surface area contributed by atoms with Crippen LogP contribution >= 0.6 is 0 Å². The van der Waals surface area contributed by atoms with Crippen molar-refractivity contribution in [2.24, 2.45) is 0 Å². The lowest BCUT2D eigenvalue weighted by Crippen LogP contribution is -2.23. The number of benzene rings is 2. The van der Waals surface area contributed by atoms with Gasteiger partial charge in [-0.25, -0.2) is 4.98 Å². The zero-order valence-electron chi connectivity index (χ0n) is 19.5. The van der Waals surface area contributed by atoms with Crippen molar-refractivity contribution in [1.29, 1.82) is 0 Å². The van der Waals surface area contributed by atoms with E-state index in [2.05, 4.69) is 46.4 Å². The van der Waals surface area contributed by atoms with Crippen LogP contribution in [0.15, 0.2) is 73.1 Å². The molecule has 6 heteroatoms. The summed E-state index contributed by atoms with van der Waals surface area (Å²) < 4.78 is 7.91. The number of nitrogens with zero attached hydrogens (tertiary/aromatic N) is 3. The molecule has 1 amide bonds. The molecule has 0 aliphatic carbocycles. The summed E-state index contributed by atoms with van der Waals surface area (Å²) in [4.78, 5) is 19.8. The fraction of sp³-hybridized carbons (Fsp3) is 0.286. The molecule has 0 saturated carbocycles. The fourth-order valence-corrected chi connectivity index (χ4v) is 4.36. The van der Waals surface area contributed by atoms with Gasteiger partial charge in [-0.05, 0) is 73.8 Å². The first-order valence-electron chi connectivity index (χ1n) is 11.9. The van der Waals surface area contributed by atoms with Gasteiger partial charge in [-0.15, -0.1) is 0 Å². The van der Waals surface area contributed by atoms with Gasteiger partial charge in [0.15, 0.2) is 0 Å². The first kappa shape index (κ1) is 22.2. The minimum Gasteiger partial charge on any atom is -0.487 e. The van der Waals surface area contributed by atoms with Crippen LogP contribution < -0.4 is 10.1 Å². The number of aromatic nitrogens is 2. The lowest BCUT2D eigenvalue weighted by molar-refractivity contribution is 0.0950. The maximum Gasteiger partial charge on any atom is 0.251 e. The van der Waals surface area contributed by atoms with Crippen molar-refractivity contribution in [3.05, 3.63) is 101 Å². The van der Waals surface area contributed by atoms with E-state index in [0.717, 1.165) is 23.4 Å². The van der Waals surface area contributed by atoms with E-state index in [1.165, 1.54) is 37.1 Å². The van der Waals surface area contributed by atoms with Crippen LogP contribution in [0, 0.1) is 6.92 Å². The quantitative estimate of drug-likeness (QED) is 0.418. The molecule has 34 heavy (non-hydrogen) atoms. The number of fused-ring (bicyclic) bond motifs is 1. The van der Waals surface area contributed by atoms with E-state index < -0.39 is 0 Å². The molecular weight excluding hydrogens is 424 g/mol. The number of hydrogen-bond donors (Lipinski definition) is 1. The third kappa shape index (κ3) is 5.46. The van der Waals surface area contributed by atoms with Crippen LogP contribution in [0.4, 0.5) is 0 Å². The number of nitrogens with one attached hydrogen (secondary N) is 1. The number of aryl methyl sites for hydroxylation is 1. The molecule has 1 aliphatic heterocycles. The number of rotatable bonds is 8. The zero-order valence-corrected chi connectivity index (χ0v) is 19.5. The zero-order chi connectivity index (χ0) is 23.3. The topological polar surface area (TPSA) is 58.9 Å². The van der Waals surface area contributed by atoms with Crippen molar-refractivity contribution in [1.82, 2.24) is 19.6 Å². The average Bonchev–Trinajstić information content (AvgIpc) is 3.51. The molecule has 2 aromatic heterocycles. The predicted molar refractivity (Wildman–Crippen MR) is 133 cm³/mol. The van der Waals surface area contributed by atoms with Gasteiger partial charge < -0.3 is 14.5 Å². The molecular formula is C28H30N4O2. The van der Waals surface area contributed by atoms with Crippen molar-refractivity contribution in [2.75, 3.05) is 13.1 Å². The predicted octanol–water partition coefficient (Wildman–Crippen LogP) is 4.75. The smallest absolute Gasteiger partial charge is 0.251 e. The van der Waals surface area contributed by atoms with Crippen molar-refractivity contribution in [3.8, 4) is 5.75 Å². The van der Waals surface area contributed by atoms with Gasteiger partial charge in [0.2, 0.25) is 0 Å². The summed E-state index contributed by atoms with van der Waals surface area (Å²) in [5.41, 5.74) is 5.90. The molecule has 0 radical (unpaired) electrons. The summed E-state index contributed by atoms with van der Waals surface area (Å²) in [6.07, 6.45) is 6.61. The molecule has 0 bridgehead atoms. The van der Waals surface area contributed by atoms with Gasteiger partial charge in [-0.3, -0.25) is 9.69 Å². The lowest BCUT2D eigenvalue weighted by Gasteiger charge is -2.14. The molecule has 0 atom stereocenters. The molecule has 0 unspecified atom stereocenters. The molecule has 2 aromatic carbocycles. The van der Waals surface area contributed by atoms with Crippen molar-refractivity contribution in [3.63, 3.8) is 0 Å². The van der Waals surface area contributed by atoms with Crippen LogP contribution in [0.3, 0.4) is 0 Å². The van der Waals surface area contributed by atoms with Crippen LogP contribution in [-0.2, 0) is 19.7 Å². The number of carbonyl (C=O) groups excluding carboxylic acids is 1. The first-order chi connectivity index (χ1) is 16.6. The van der Waals surface area contributed by atoms with E-state index in [1.54, 1.807) is 12.1 Å². The van der Waals surface area contributed by atoms with Crippen molar-refractivity contribution in [2.45, 2.75) is 39.5 Å². The van der Waals surface area contributed by atoms with Crippen LogP contribution in [0.2, 0.25) is 0 Å². The second-order valence-electron chi connectivity index (χ2n) is 9.00. The Labute approximate surface area is 200 Å². The number of carbonyl (C=O) groups is 1. The number of likely N-dealkylation sites (tertiary alicyclic amines) is 1. The molecule has 1 fully saturated rings. The Balaban J connectivity index is 1.14. The Morgan fingerprint density at radius 1 is 1.00 bits per heavy atom. The van der Waals surface area contributed by atoms with Crippen LogP contribution in [0.1, 0.15) is 45.6 Å². The van der Waals surface area contributed by atoms with E-state index in [0.29, 0.717) is 24.5 Å². The molecule has 1 N–H and O–H groups in total. The van der Waals surface area contributed by atoms with Gasteiger partial charge >= 0.3 is 0 Å². The number of imidazole rings is 1. The average molecular weight is 455 g/mol. The van der Waals surface area contributed by atoms with Crippen LogP contribution in [0.5, 0.6) is 5.75 Å². The first-order valence-corrected chi connectivity index (χ1v) is 11.9. The van der Waals surface area contributed by atoms with Crippen molar-refractivity contribution < 1.29 is 9.53 Å². The summed E-state index contributed by atoms with van der Waals surface area (Å²) in [5, 5.41) is 3.01. The highest BCUT2D eigenvalue weighted by molar-refractivity contribution is 5.94. The number of pyridine rings is 1. The molecule has 0 spiro atoms. The molecule has 4 aromatic rings. The van der Waals surface area contributed by atoms with Gasteiger partial charge in [0.1, 0.15) is 18.0 Å². The second-order valence-corrected chi connectivity index (χ2v) is 9.00. The largest absolute Gasteiger partial charge is 0.487 e. The van der Waals surface area contributed by atoms with E-state index in [1.807, 2.05) is 41.1 Å². The van der Waals surface area contributed by atoms with Gasteiger partial charge in [-0.1, -0.05) is 36.4 Å². The highest BCUT2D eigenvalue weighted by Gasteiger charge is 2.12. The van der Waals surface area contributed by atoms with E-state index >= 15 is 0 Å². The Hall–Kier alpha value is -3.64. The molecule has 3 heterocycles. The van der Waals surface area contributed by atoms with E-state index in [-0.39, 0.29) is 5.91 Å². The lowest BCUT2D eigenvalue weighted by atomic mass is 10.1. The van der Waals surface area contributed by atoms with Crippen LogP contribution in [0.25, 0.3) is 5.65 Å². The Bertz CT molecular complexity index is 1270. The molecule has 5 rings (SSSR count). The highest BCUT2D eigenvalue weighted by Crippen LogP contribution is 2.17. The fourth-order valence-electron chi connectivity index (χ4n) is 4.36. The normalized spacial score (nSPS) is 13.9. The second kappa shape index (κ2) is 10.1. The third-order valence-corrected chi connectivity index (χ3v) is 6.21. The Morgan fingerprint density at radius 3 is 2.62 bits per heavy atom. The monoisotopic (exact) mass is 454 g/mol. The molecule has 6 nitrogen and oxygen atoms in total. The number of ether oxygens (including phenoxy) is 1. The Kier molecular flexibility index (Phi) is 6.58. The SMILES string of the molecule is Cc1ccc2nc(COc3cccc(C(=O)NCc4ccc(CN5CCCC5)cc4)c3)cn2c1. The van der Waals surface area contributed by atoms with Gasteiger partial charge in [-0.2, -0.15) is 0 Å². The van der Waals surface area contributed by atoms with Crippen molar-refractivity contribution >= 4 is 11.6 Å². The number of amides is 1. The highest BCUT2D eigenvalue weighted by atomic mass is 16.5. The maximum absolute atomic E-state index is 12.7. The molecule has 1 aliphatic rings.